The maximum atomic E-state index is 11.9. The first-order chi connectivity index (χ1) is 7.20. The van der Waals surface area contributed by atoms with Crippen molar-refractivity contribution < 1.29 is 9.53 Å². The van der Waals surface area contributed by atoms with Crippen molar-refractivity contribution in [3.8, 4) is 5.75 Å². The van der Waals surface area contributed by atoms with E-state index in [0.717, 1.165) is 0 Å². The zero-order valence-electron chi connectivity index (χ0n) is 8.43. The van der Waals surface area contributed by atoms with Gasteiger partial charge in [0, 0.05) is 24.7 Å². The van der Waals surface area contributed by atoms with Gasteiger partial charge in [0.2, 0.25) is 5.78 Å². The number of rotatable bonds is 3. The minimum atomic E-state index is -0.0658. The summed E-state index contributed by atoms with van der Waals surface area (Å²) in [6.45, 7) is 0. The SMILES string of the molecule is COc1csc(C(=O)c2ccn(C)n2)c1. The number of nitrogens with zero attached hydrogens (tertiary/aromatic N) is 2. The van der Waals surface area contributed by atoms with Gasteiger partial charge < -0.3 is 4.74 Å². The molecule has 0 aliphatic heterocycles. The molecule has 2 aromatic heterocycles. The molecule has 0 aromatic carbocycles. The number of methoxy groups -OCH3 is 1. The second-order valence-corrected chi connectivity index (χ2v) is 3.97. The molecule has 0 radical (unpaired) electrons. The minimum Gasteiger partial charge on any atom is -0.496 e. The van der Waals surface area contributed by atoms with Crippen molar-refractivity contribution in [2.24, 2.45) is 7.05 Å². The Morgan fingerprint density at radius 2 is 2.40 bits per heavy atom. The summed E-state index contributed by atoms with van der Waals surface area (Å²) in [7, 11) is 3.36. The number of carbonyl (C=O) groups excluding carboxylic acids is 1. The van der Waals surface area contributed by atoms with E-state index in [4.69, 9.17) is 4.74 Å². The van der Waals surface area contributed by atoms with E-state index in [-0.39, 0.29) is 5.78 Å². The molecule has 0 N–H and O–H groups in total. The number of hydrogen-bond donors (Lipinski definition) is 0. The topological polar surface area (TPSA) is 44.1 Å². The van der Waals surface area contributed by atoms with E-state index in [1.165, 1.54) is 11.3 Å². The van der Waals surface area contributed by atoms with Crippen molar-refractivity contribution >= 4 is 17.1 Å². The molecule has 0 spiro atoms. The van der Waals surface area contributed by atoms with E-state index in [9.17, 15) is 4.79 Å². The highest BCUT2D eigenvalue weighted by atomic mass is 32.1. The zero-order valence-corrected chi connectivity index (χ0v) is 9.25. The van der Waals surface area contributed by atoms with Crippen LogP contribution in [0.25, 0.3) is 0 Å². The lowest BCUT2D eigenvalue weighted by atomic mass is 10.2. The Hall–Kier alpha value is -1.62. The minimum absolute atomic E-state index is 0.0658. The van der Waals surface area contributed by atoms with Gasteiger partial charge in [-0.15, -0.1) is 11.3 Å². The van der Waals surface area contributed by atoms with E-state index in [1.807, 2.05) is 0 Å². The average molecular weight is 222 g/mol. The number of ketones is 1. The molecule has 0 aliphatic rings. The summed E-state index contributed by atoms with van der Waals surface area (Å²) in [6, 6.07) is 3.43. The second-order valence-electron chi connectivity index (χ2n) is 3.05. The third-order valence-corrected chi connectivity index (χ3v) is 2.89. The fourth-order valence-electron chi connectivity index (χ4n) is 1.21. The van der Waals surface area contributed by atoms with Crippen molar-refractivity contribution in [2.45, 2.75) is 0 Å². The van der Waals surface area contributed by atoms with E-state index >= 15 is 0 Å². The molecule has 0 unspecified atom stereocenters. The monoisotopic (exact) mass is 222 g/mol. The lowest BCUT2D eigenvalue weighted by Crippen LogP contribution is -2.00. The van der Waals surface area contributed by atoms with Crippen LogP contribution in [0.5, 0.6) is 5.75 Å². The molecule has 2 aromatic rings. The highest BCUT2D eigenvalue weighted by Crippen LogP contribution is 2.23. The van der Waals surface area contributed by atoms with Gasteiger partial charge in [0.05, 0.1) is 12.0 Å². The van der Waals surface area contributed by atoms with Crippen molar-refractivity contribution in [1.82, 2.24) is 9.78 Å². The molecular formula is C10H10N2O2S. The Morgan fingerprint density at radius 1 is 1.60 bits per heavy atom. The molecular weight excluding hydrogens is 212 g/mol. The molecule has 0 fully saturated rings. The number of aryl methyl sites for hydroxylation is 1. The van der Waals surface area contributed by atoms with Gasteiger partial charge in [-0.3, -0.25) is 9.48 Å². The predicted molar refractivity (Wildman–Crippen MR) is 57.5 cm³/mol. The lowest BCUT2D eigenvalue weighted by molar-refractivity contribution is 0.103. The zero-order chi connectivity index (χ0) is 10.8. The first-order valence-corrected chi connectivity index (χ1v) is 5.25. The van der Waals surface area contributed by atoms with Crippen LogP contribution >= 0.6 is 11.3 Å². The van der Waals surface area contributed by atoms with Gasteiger partial charge in [-0.05, 0) is 6.07 Å². The summed E-state index contributed by atoms with van der Waals surface area (Å²) < 4.78 is 6.63. The molecule has 0 saturated heterocycles. The number of ether oxygens (including phenoxy) is 1. The van der Waals surface area contributed by atoms with Crippen LogP contribution in [-0.4, -0.2) is 22.7 Å². The molecule has 2 rings (SSSR count). The van der Waals surface area contributed by atoms with Crippen LogP contribution in [0, 0.1) is 0 Å². The van der Waals surface area contributed by atoms with Crippen LogP contribution in [0.15, 0.2) is 23.7 Å². The van der Waals surface area contributed by atoms with E-state index in [0.29, 0.717) is 16.3 Å². The summed E-state index contributed by atoms with van der Waals surface area (Å²) in [5.41, 5.74) is 0.460. The van der Waals surface area contributed by atoms with Gasteiger partial charge in [-0.2, -0.15) is 5.10 Å². The summed E-state index contributed by atoms with van der Waals surface area (Å²) >= 11 is 1.36. The number of hydrogen-bond acceptors (Lipinski definition) is 4. The molecule has 4 nitrogen and oxygen atoms in total. The largest absolute Gasteiger partial charge is 0.496 e. The van der Waals surface area contributed by atoms with Crippen LogP contribution in [0.4, 0.5) is 0 Å². The molecule has 0 atom stereocenters. The van der Waals surface area contributed by atoms with E-state index < -0.39 is 0 Å². The summed E-state index contributed by atoms with van der Waals surface area (Å²) in [5, 5.41) is 5.86. The Labute approximate surface area is 91.1 Å². The number of aromatic nitrogens is 2. The van der Waals surface area contributed by atoms with Gasteiger partial charge in [-0.1, -0.05) is 0 Å². The molecule has 15 heavy (non-hydrogen) atoms. The number of thiophene rings is 1. The van der Waals surface area contributed by atoms with Crippen LogP contribution in [0.2, 0.25) is 0 Å². The summed E-state index contributed by atoms with van der Waals surface area (Å²) in [6.07, 6.45) is 1.75. The summed E-state index contributed by atoms with van der Waals surface area (Å²) in [4.78, 5) is 12.5. The van der Waals surface area contributed by atoms with Crippen molar-refractivity contribution in [1.29, 1.82) is 0 Å². The van der Waals surface area contributed by atoms with Crippen molar-refractivity contribution in [3.05, 3.63) is 34.3 Å². The molecule has 0 amide bonds. The smallest absolute Gasteiger partial charge is 0.223 e. The standard InChI is InChI=1S/C10H10N2O2S/c1-12-4-3-8(11-12)10(13)9-5-7(14-2)6-15-9/h3-6H,1-2H3. The fraction of sp³-hybridized carbons (Fsp3) is 0.200. The van der Waals surface area contributed by atoms with Crippen LogP contribution in [-0.2, 0) is 7.05 Å². The van der Waals surface area contributed by atoms with Gasteiger partial charge in [0.25, 0.3) is 0 Å². The summed E-state index contributed by atoms with van der Waals surface area (Å²) in [5.74, 6) is 0.642. The number of carbonyl (C=O) groups is 1. The predicted octanol–water partition coefficient (Wildman–Crippen LogP) is 1.72. The van der Waals surface area contributed by atoms with Crippen LogP contribution in [0.3, 0.4) is 0 Å². The van der Waals surface area contributed by atoms with Crippen LogP contribution < -0.4 is 4.74 Å². The molecule has 0 aliphatic carbocycles. The molecule has 5 heteroatoms. The third kappa shape index (κ3) is 1.92. The Morgan fingerprint density at radius 3 is 2.93 bits per heavy atom. The molecule has 78 valence electrons. The van der Waals surface area contributed by atoms with Crippen LogP contribution in [0.1, 0.15) is 15.4 Å². The Bertz CT molecular complexity index is 487. The Balaban J connectivity index is 2.28. The maximum absolute atomic E-state index is 11.9. The van der Waals surface area contributed by atoms with Crippen molar-refractivity contribution in [2.75, 3.05) is 7.11 Å². The van der Waals surface area contributed by atoms with Crippen molar-refractivity contribution in [3.63, 3.8) is 0 Å². The lowest BCUT2D eigenvalue weighted by Gasteiger charge is -1.92. The fourth-order valence-corrected chi connectivity index (χ4v) is 2.01. The van der Waals surface area contributed by atoms with Gasteiger partial charge in [0.1, 0.15) is 11.4 Å². The average Bonchev–Trinajstić information content (AvgIpc) is 2.84. The molecule has 0 saturated carbocycles. The molecule has 0 bridgehead atoms. The second kappa shape index (κ2) is 3.86. The van der Waals surface area contributed by atoms with Gasteiger partial charge in [-0.25, -0.2) is 0 Å². The quantitative estimate of drug-likeness (QED) is 0.743. The molecule has 2 heterocycles. The normalized spacial score (nSPS) is 10.3. The first-order valence-electron chi connectivity index (χ1n) is 4.37. The van der Waals surface area contributed by atoms with E-state index in [1.54, 1.807) is 42.5 Å². The van der Waals surface area contributed by atoms with Gasteiger partial charge in [0.15, 0.2) is 0 Å². The highest BCUT2D eigenvalue weighted by molar-refractivity contribution is 7.12. The maximum Gasteiger partial charge on any atom is 0.223 e. The highest BCUT2D eigenvalue weighted by Gasteiger charge is 2.14. The third-order valence-electron chi connectivity index (χ3n) is 1.98. The van der Waals surface area contributed by atoms with Gasteiger partial charge >= 0.3 is 0 Å². The Kier molecular flexibility index (Phi) is 2.55. The first kappa shape index (κ1) is 9.92. The van der Waals surface area contributed by atoms with E-state index in [2.05, 4.69) is 5.10 Å².